The molecule has 1 atom stereocenters. The van der Waals surface area contributed by atoms with Gasteiger partial charge < -0.3 is 14.5 Å². The van der Waals surface area contributed by atoms with Gasteiger partial charge in [-0.15, -0.1) is 0 Å². The van der Waals surface area contributed by atoms with Crippen molar-refractivity contribution < 1.29 is 9.15 Å². The fourth-order valence-corrected chi connectivity index (χ4v) is 3.25. The maximum absolute atomic E-state index is 5.63. The van der Waals surface area contributed by atoms with Crippen LogP contribution in [0.4, 0.5) is 0 Å². The number of likely N-dealkylation sites (tertiary alicyclic amines) is 1. The van der Waals surface area contributed by atoms with Gasteiger partial charge >= 0.3 is 0 Å². The Hall–Kier alpha value is -1.78. The molecule has 0 bridgehead atoms. The SMILES string of the molecule is COc1ccc(C(CNCc2ccc(C)o2)N2CCCC2)cc1. The zero-order valence-corrected chi connectivity index (χ0v) is 14.0. The van der Waals surface area contributed by atoms with Crippen molar-refractivity contribution in [1.29, 1.82) is 0 Å². The molecule has 4 nitrogen and oxygen atoms in total. The minimum atomic E-state index is 0.402. The standard InChI is InChI=1S/C19H26N2O2/c1-15-5-8-18(23-15)13-20-14-19(21-11-3-4-12-21)16-6-9-17(22-2)10-7-16/h5-10,19-20H,3-4,11-14H2,1-2H3. The first-order valence-corrected chi connectivity index (χ1v) is 8.40. The molecular formula is C19H26N2O2. The molecule has 1 unspecified atom stereocenters. The number of ether oxygens (including phenoxy) is 1. The van der Waals surface area contributed by atoms with Crippen molar-refractivity contribution in [3.63, 3.8) is 0 Å². The lowest BCUT2D eigenvalue weighted by Crippen LogP contribution is -2.33. The summed E-state index contributed by atoms with van der Waals surface area (Å²) in [5.41, 5.74) is 1.34. The summed E-state index contributed by atoms with van der Waals surface area (Å²) in [6.45, 7) is 6.03. The van der Waals surface area contributed by atoms with Gasteiger partial charge in [-0.25, -0.2) is 0 Å². The minimum absolute atomic E-state index is 0.402. The molecule has 23 heavy (non-hydrogen) atoms. The molecule has 1 aromatic heterocycles. The maximum Gasteiger partial charge on any atom is 0.118 e. The van der Waals surface area contributed by atoms with Crippen molar-refractivity contribution in [3.8, 4) is 5.75 Å². The topological polar surface area (TPSA) is 37.6 Å². The molecular weight excluding hydrogens is 288 g/mol. The van der Waals surface area contributed by atoms with Gasteiger partial charge in [0.25, 0.3) is 0 Å². The summed E-state index contributed by atoms with van der Waals surface area (Å²) in [6, 6.07) is 12.9. The maximum atomic E-state index is 5.63. The molecule has 1 fully saturated rings. The molecule has 2 heterocycles. The van der Waals surface area contributed by atoms with Crippen LogP contribution in [0.3, 0.4) is 0 Å². The molecule has 1 saturated heterocycles. The van der Waals surface area contributed by atoms with E-state index in [4.69, 9.17) is 9.15 Å². The summed E-state index contributed by atoms with van der Waals surface area (Å²) in [6.07, 6.45) is 2.59. The highest BCUT2D eigenvalue weighted by atomic mass is 16.5. The van der Waals surface area contributed by atoms with Gasteiger partial charge in [-0.3, -0.25) is 4.90 Å². The monoisotopic (exact) mass is 314 g/mol. The molecule has 0 spiro atoms. The van der Waals surface area contributed by atoms with Crippen molar-refractivity contribution >= 4 is 0 Å². The second-order valence-electron chi connectivity index (χ2n) is 6.18. The highest BCUT2D eigenvalue weighted by molar-refractivity contribution is 5.29. The third kappa shape index (κ3) is 4.15. The van der Waals surface area contributed by atoms with Gasteiger partial charge in [0, 0.05) is 12.6 Å². The van der Waals surface area contributed by atoms with Crippen LogP contribution in [-0.2, 0) is 6.54 Å². The number of aryl methyl sites for hydroxylation is 1. The molecule has 1 aliphatic heterocycles. The molecule has 1 N–H and O–H groups in total. The molecule has 124 valence electrons. The summed E-state index contributed by atoms with van der Waals surface area (Å²) in [7, 11) is 1.71. The molecule has 2 aromatic rings. The van der Waals surface area contributed by atoms with Crippen LogP contribution in [0.5, 0.6) is 5.75 Å². The Bertz CT molecular complexity index is 600. The third-order valence-corrected chi connectivity index (χ3v) is 4.51. The van der Waals surface area contributed by atoms with Crippen LogP contribution in [0.2, 0.25) is 0 Å². The van der Waals surface area contributed by atoms with E-state index in [-0.39, 0.29) is 0 Å². The van der Waals surface area contributed by atoms with E-state index in [9.17, 15) is 0 Å². The van der Waals surface area contributed by atoms with Gasteiger partial charge in [0.1, 0.15) is 17.3 Å². The number of rotatable bonds is 7. The molecule has 1 aromatic carbocycles. The molecule has 0 amide bonds. The first-order chi connectivity index (χ1) is 11.3. The summed E-state index contributed by atoms with van der Waals surface area (Å²) in [4.78, 5) is 2.57. The summed E-state index contributed by atoms with van der Waals surface area (Å²) >= 11 is 0. The van der Waals surface area contributed by atoms with Crippen molar-refractivity contribution in [2.45, 2.75) is 32.4 Å². The Morgan fingerprint density at radius 2 is 1.87 bits per heavy atom. The van der Waals surface area contributed by atoms with E-state index in [2.05, 4.69) is 22.3 Å². The predicted molar refractivity (Wildman–Crippen MR) is 91.7 cm³/mol. The largest absolute Gasteiger partial charge is 0.497 e. The quantitative estimate of drug-likeness (QED) is 0.848. The Labute approximate surface area is 138 Å². The van der Waals surface area contributed by atoms with Crippen molar-refractivity contribution in [2.24, 2.45) is 0 Å². The van der Waals surface area contributed by atoms with Crippen LogP contribution < -0.4 is 10.1 Å². The van der Waals surface area contributed by atoms with Gasteiger partial charge in [0.2, 0.25) is 0 Å². The Kier molecular flexibility index (Phi) is 5.36. The number of nitrogens with zero attached hydrogens (tertiary/aromatic N) is 1. The zero-order valence-electron chi connectivity index (χ0n) is 14.0. The number of hydrogen-bond donors (Lipinski definition) is 1. The zero-order chi connectivity index (χ0) is 16.1. The fourth-order valence-electron chi connectivity index (χ4n) is 3.25. The van der Waals surface area contributed by atoms with Gasteiger partial charge in [0.05, 0.1) is 13.7 Å². The van der Waals surface area contributed by atoms with Gasteiger partial charge in [-0.2, -0.15) is 0 Å². The van der Waals surface area contributed by atoms with Crippen LogP contribution in [0.1, 0.15) is 36.0 Å². The normalized spacial score (nSPS) is 16.6. The molecule has 4 heteroatoms. The smallest absolute Gasteiger partial charge is 0.118 e. The average Bonchev–Trinajstić information content (AvgIpc) is 3.24. The highest BCUT2D eigenvalue weighted by Gasteiger charge is 2.23. The van der Waals surface area contributed by atoms with Gasteiger partial charge in [-0.05, 0) is 62.7 Å². The van der Waals surface area contributed by atoms with E-state index in [0.29, 0.717) is 6.04 Å². The molecule has 0 aliphatic carbocycles. The van der Waals surface area contributed by atoms with E-state index in [1.165, 1.54) is 31.5 Å². The third-order valence-electron chi connectivity index (χ3n) is 4.51. The molecule has 0 radical (unpaired) electrons. The predicted octanol–water partition coefficient (Wildman–Crippen LogP) is 3.52. The minimum Gasteiger partial charge on any atom is -0.497 e. The molecule has 1 aliphatic rings. The lowest BCUT2D eigenvalue weighted by molar-refractivity contribution is 0.236. The number of hydrogen-bond acceptors (Lipinski definition) is 4. The average molecular weight is 314 g/mol. The number of benzene rings is 1. The van der Waals surface area contributed by atoms with E-state index in [1.807, 2.05) is 31.2 Å². The van der Waals surface area contributed by atoms with Gasteiger partial charge in [-0.1, -0.05) is 12.1 Å². The summed E-state index contributed by atoms with van der Waals surface area (Å²) in [5, 5.41) is 3.55. The number of nitrogens with one attached hydrogen (secondary N) is 1. The van der Waals surface area contributed by atoms with Crippen molar-refractivity contribution in [1.82, 2.24) is 10.2 Å². The number of furan rings is 1. The Balaban J connectivity index is 1.65. The van der Waals surface area contributed by atoms with Crippen LogP contribution in [0, 0.1) is 6.92 Å². The van der Waals surface area contributed by atoms with Crippen LogP contribution in [-0.4, -0.2) is 31.6 Å². The fraction of sp³-hybridized carbons (Fsp3) is 0.474. The van der Waals surface area contributed by atoms with Crippen LogP contribution >= 0.6 is 0 Å². The second kappa shape index (κ2) is 7.66. The van der Waals surface area contributed by atoms with Crippen molar-refractivity contribution in [2.75, 3.05) is 26.7 Å². The lowest BCUT2D eigenvalue weighted by Gasteiger charge is -2.28. The van der Waals surface area contributed by atoms with Gasteiger partial charge in [0.15, 0.2) is 0 Å². The first-order valence-electron chi connectivity index (χ1n) is 8.40. The van der Waals surface area contributed by atoms with Crippen LogP contribution in [0.15, 0.2) is 40.8 Å². The summed E-state index contributed by atoms with van der Waals surface area (Å²) < 4.78 is 10.9. The van der Waals surface area contributed by atoms with E-state index >= 15 is 0 Å². The Morgan fingerprint density at radius 3 is 2.48 bits per heavy atom. The van der Waals surface area contributed by atoms with E-state index in [1.54, 1.807) is 7.11 Å². The Morgan fingerprint density at radius 1 is 1.13 bits per heavy atom. The van der Waals surface area contributed by atoms with Crippen molar-refractivity contribution in [3.05, 3.63) is 53.5 Å². The molecule has 3 rings (SSSR count). The first kappa shape index (κ1) is 16.1. The molecule has 0 saturated carbocycles. The number of methoxy groups -OCH3 is 1. The van der Waals surface area contributed by atoms with E-state index < -0.39 is 0 Å². The summed E-state index contributed by atoms with van der Waals surface area (Å²) in [5.74, 6) is 2.87. The second-order valence-corrected chi connectivity index (χ2v) is 6.18. The lowest BCUT2D eigenvalue weighted by atomic mass is 10.1. The highest BCUT2D eigenvalue weighted by Crippen LogP contribution is 2.26. The van der Waals surface area contributed by atoms with E-state index in [0.717, 1.165) is 30.4 Å². The van der Waals surface area contributed by atoms with Crippen LogP contribution in [0.25, 0.3) is 0 Å².